The monoisotopic (exact) mass is 278 g/mol. The van der Waals surface area contributed by atoms with Gasteiger partial charge in [0.05, 0.1) is 11.5 Å². The van der Waals surface area contributed by atoms with Crippen LogP contribution in [-0.4, -0.2) is 29.3 Å². The number of piperidine rings is 1. The first-order chi connectivity index (χ1) is 9.00. The zero-order chi connectivity index (χ0) is 14.0. The molecule has 5 heteroatoms. The Hall–Kier alpha value is -1.49. The van der Waals surface area contributed by atoms with Gasteiger partial charge in [0.2, 0.25) is 5.91 Å². The van der Waals surface area contributed by atoms with Crippen LogP contribution in [0.3, 0.4) is 0 Å². The summed E-state index contributed by atoms with van der Waals surface area (Å²) in [7, 11) is 0. The smallest absolute Gasteiger partial charge is 0.255 e. The Morgan fingerprint density at radius 3 is 2.63 bits per heavy atom. The Balaban J connectivity index is 2.22. The highest BCUT2D eigenvalue weighted by atomic mass is 32.1. The molecule has 2 amide bonds. The van der Waals surface area contributed by atoms with Gasteiger partial charge in [-0.1, -0.05) is 12.1 Å². The van der Waals surface area contributed by atoms with E-state index >= 15 is 0 Å². The lowest BCUT2D eigenvalue weighted by atomic mass is 9.92. The Bertz CT molecular complexity index is 504. The maximum Gasteiger partial charge on any atom is 0.255 e. The van der Waals surface area contributed by atoms with Gasteiger partial charge in [0.15, 0.2) is 0 Å². The van der Waals surface area contributed by atoms with Crippen LogP contribution >= 0.6 is 12.6 Å². The summed E-state index contributed by atoms with van der Waals surface area (Å²) in [6.45, 7) is 2.40. The van der Waals surface area contributed by atoms with Crippen LogP contribution in [0.15, 0.2) is 29.2 Å². The van der Waals surface area contributed by atoms with Gasteiger partial charge in [0, 0.05) is 17.5 Å². The molecular weight excluding hydrogens is 260 g/mol. The zero-order valence-electron chi connectivity index (χ0n) is 10.9. The first kappa shape index (κ1) is 13.9. The first-order valence-electron chi connectivity index (χ1n) is 6.39. The molecule has 19 heavy (non-hydrogen) atoms. The summed E-state index contributed by atoms with van der Waals surface area (Å²) in [6, 6.07) is 7.32. The topological polar surface area (TPSA) is 63.4 Å². The molecule has 2 atom stereocenters. The number of primary amides is 1. The summed E-state index contributed by atoms with van der Waals surface area (Å²) in [5, 5.41) is 0. The largest absolute Gasteiger partial charge is 0.369 e. The van der Waals surface area contributed by atoms with Crippen LogP contribution in [0, 0.1) is 5.92 Å². The number of rotatable bonds is 2. The van der Waals surface area contributed by atoms with Crippen molar-refractivity contribution in [2.75, 3.05) is 6.54 Å². The van der Waals surface area contributed by atoms with Gasteiger partial charge in [-0.25, -0.2) is 0 Å². The molecule has 1 aromatic carbocycles. The average molecular weight is 278 g/mol. The van der Waals surface area contributed by atoms with Gasteiger partial charge in [-0.15, -0.1) is 12.6 Å². The quantitative estimate of drug-likeness (QED) is 0.809. The van der Waals surface area contributed by atoms with E-state index in [1.165, 1.54) is 0 Å². The Kier molecular flexibility index (Phi) is 4.14. The summed E-state index contributed by atoms with van der Waals surface area (Å²) in [6.07, 6.45) is 1.55. The van der Waals surface area contributed by atoms with Gasteiger partial charge < -0.3 is 10.6 Å². The van der Waals surface area contributed by atoms with Crippen molar-refractivity contribution in [3.8, 4) is 0 Å². The van der Waals surface area contributed by atoms with Crippen molar-refractivity contribution in [2.24, 2.45) is 11.7 Å². The molecule has 0 saturated carbocycles. The predicted octanol–water partition coefficient (Wildman–Crippen LogP) is 1.70. The van der Waals surface area contributed by atoms with Crippen molar-refractivity contribution in [1.29, 1.82) is 0 Å². The van der Waals surface area contributed by atoms with Gasteiger partial charge in [0.25, 0.3) is 5.91 Å². The van der Waals surface area contributed by atoms with Crippen molar-refractivity contribution in [3.63, 3.8) is 0 Å². The second kappa shape index (κ2) is 5.65. The van der Waals surface area contributed by atoms with Gasteiger partial charge >= 0.3 is 0 Å². The molecule has 2 rings (SSSR count). The fourth-order valence-corrected chi connectivity index (χ4v) is 2.69. The maximum absolute atomic E-state index is 12.5. The second-order valence-corrected chi connectivity index (χ2v) is 5.48. The lowest BCUT2D eigenvalue weighted by Crippen LogP contribution is -2.48. The van der Waals surface area contributed by atoms with Crippen molar-refractivity contribution in [3.05, 3.63) is 29.8 Å². The molecule has 0 aliphatic carbocycles. The summed E-state index contributed by atoms with van der Waals surface area (Å²) in [5.41, 5.74) is 5.92. The van der Waals surface area contributed by atoms with Crippen LogP contribution in [0.4, 0.5) is 0 Å². The number of hydrogen-bond donors (Lipinski definition) is 2. The van der Waals surface area contributed by atoms with E-state index in [1.807, 2.05) is 19.1 Å². The number of amides is 2. The van der Waals surface area contributed by atoms with Gasteiger partial charge in [0.1, 0.15) is 0 Å². The number of nitrogens with zero attached hydrogens (tertiary/aromatic N) is 1. The third-order valence-electron chi connectivity index (χ3n) is 3.68. The predicted molar refractivity (Wildman–Crippen MR) is 76.1 cm³/mol. The number of carbonyl (C=O) groups excluding carboxylic acids is 2. The van der Waals surface area contributed by atoms with Gasteiger partial charge in [-0.2, -0.15) is 0 Å². The van der Waals surface area contributed by atoms with Crippen molar-refractivity contribution < 1.29 is 9.59 Å². The van der Waals surface area contributed by atoms with Crippen LogP contribution in [0.25, 0.3) is 0 Å². The van der Waals surface area contributed by atoms with Crippen LogP contribution in [-0.2, 0) is 4.79 Å². The maximum atomic E-state index is 12.5. The highest BCUT2D eigenvalue weighted by Crippen LogP contribution is 2.25. The van der Waals surface area contributed by atoms with E-state index in [0.29, 0.717) is 17.0 Å². The number of thiol groups is 1. The van der Waals surface area contributed by atoms with Gasteiger partial charge in [-0.3, -0.25) is 9.59 Å². The van der Waals surface area contributed by atoms with E-state index in [0.717, 1.165) is 12.8 Å². The van der Waals surface area contributed by atoms with Crippen molar-refractivity contribution in [1.82, 2.24) is 4.90 Å². The lowest BCUT2D eigenvalue weighted by molar-refractivity contribution is -0.123. The van der Waals surface area contributed by atoms with E-state index in [1.54, 1.807) is 17.0 Å². The number of benzene rings is 1. The molecule has 1 saturated heterocycles. The second-order valence-electron chi connectivity index (χ2n) is 5.00. The first-order valence-corrected chi connectivity index (χ1v) is 6.83. The van der Waals surface area contributed by atoms with Gasteiger partial charge in [-0.05, 0) is 31.9 Å². The Morgan fingerprint density at radius 1 is 1.32 bits per heavy atom. The van der Waals surface area contributed by atoms with E-state index in [-0.39, 0.29) is 23.8 Å². The molecule has 4 nitrogen and oxygen atoms in total. The lowest BCUT2D eigenvalue weighted by Gasteiger charge is -2.37. The fourth-order valence-electron chi connectivity index (χ4n) is 2.43. The molecule has 0 radical (unpaired) electrons. The summed E-state index contributed by atoms with van der Waals surface area (Å²) >= 11 is 4.31. The number of hydrogen-bond acceptors (Lipinski definition) is 3. The molecule has 0 aromatic heterocycles. The van der Waals surface area contributed by atoms with Crippen LogP contribution < -0.4 is 5.73 Å². The molecule has 1 fully saturated rings. The third kappa shape index (κ3) is 2.92. The third-order valence-corrected chi connectivity index (χ3v) is 4.07. The SMILES string of the molecule is CC1CCC(C(N)=O)CN1C(=O)c1ccccc1S. The van der Waals surface area contributed by atoms with Crippen molar-refractivity contribution in [2.45, 2.75) is 30.7 Å². The Morgan fingerprint density at radius 2 is 2.00 bits per heavy atom. The molecule has 1 aliphatic rings. The van der Waals surface area contributed by atoms with E-state index in [4.69, 9.17) is 5.73 Å². The standard InChI is InChI=1S/C14H18N2O2S/c1-9-6-7-10(13(15)17)8-16(9)14(18)11-4-2-3-5-12(11)19/h2-5,9-10,19H,6-8H2,1H3,(H2,15,17). The molecule has 1 heterocycles. The molecule has 2 N–H and O–H groups in total. The summed E-state index contributed by atoms with van der Waals surface area (Å²) < 4.78 is 0. The molecule has 1 aliphatic heterocycles. The van der Waals surface area contributed by atoms with E-state index in [2.05, 4.69) is 12.6 Å². The highest BCUT2D eigenvalue weighted by molar-refractivity contribution is 7.80. The number of carbonyl (C=O) groups is 2. The van der Waals surface area contributed by atoms with E-state index < -0.39 is 0 Å². The average Bonchev–Trinajstić information content (AvgIpc) is 2.38. The fraction of sp³-hybridized carbons (Fsp3) is 0.429. The molecule has 1 aromatic rings. The summed E-state index contributed by atoms with van der Waals surface area (Å²) in [4.78, 5) is 26.2. The molecule has 0 spiro atoms. The minimum atomic E-state index is -0.330. The highest BCUT2D eigenvalue weighted by Gasteiger charge is 2.32. The number of nitrogens with two attached hydrogens (primary N) is 1. The van der Waals surface area contributed by atoms with Crippen LogP contribution in [0.2, 0.25) is 0 Å². The molecular formula is C14H18N2O2S. The molecule has 0 bridgehead atoms. The van der Waals surface area contributed by atoms with Crippen LogP contribution in [0.1, 0.15) is 30.1 Å². The Labute approximate surface area is 118 Å². The number of likely N-dealkylation sites (tertiary alicyclic amines) is 1. The summed E-state index contributed by atoms with van der Waals surface area (Å²) in [5.74, 6) is -0.653. The molecule has 102 valence electrons. The minimum absolute atomic E-state index is 0.0796. The minimum Gasteiger partial charge on any atom is -0.369 e. The zero-order valence-corrected chi connectivity index (χ0v) is 11.8. The van der Waals surface area contributed by atoms with Crippen molar-refractivity contribution >= 4 is 24.4 Å². The van der Waals surface area contributed by atoms with E-state index in [9.17, 15) is 9.59 Å². The normalized spacial score (nSPS) is 23.2. The molecule has 2 unspecified atom stereocenters. The van der Waals surface area contributed by atoms with Crippen LogP contribution in [0.5, 0.6) is 0 Å².